The average molecular weight is 200 g/mol. The van der Waals surface area contributed by atoms with Gasteiger partial charge < -0.3 is 0 Å². The van der Waals surface area contributed by atoms with Crippen LogP contribution in [0.3, 0.4) is 0 Å². The summed E-state index contributed by atoms with van der Waals surface area (Å²) in [4.78, 5) is 8.53. The Morgan fingerprint density at radius 1 is 1.21 bits per heavy atom. The van der Waals surface area contributed by atoms with Gasteiger partial charge in [-0.25, -0.2) is 0 Å². The normalized spacial score (nSPS) is 11.2. The Labute approximate surface area is 85.2 Å². The van der Waals surface area contributed by atoms with E-state index in [-0.39, 0.29) is 0 Å². The van der Waals surface area contributed by atoms with Gasteiger partial charge in [-0.15, -0.1) is 11.3 Å². The molecule has 0 amide bonds. The number of hydrogen-bond acceptors (Lipinski definition) is 3. The van der Waals surface area contributed by atoms with Crippen LogP contribution in [0.15, 0.2) is 30.7 Å². The van der Waals surface area contributed by atoms with Gasteiger partial charge in [0.15, 0.2) is 0 Å². The summed E-state index contributed by atoms with van der Waals surface area (Å²) in [6.07, 6.45) is 5.59. The third kappa shape index (κ3) is 0.960. The number of thiophene rings is 1. The van der Waals surface area contributed by atoms with Gasteiger partial charge in [-0.1, -0.05) is 0 Å². The Morgan fingerprint density at radius 2 is 2.14 bits per heavy atom. The van der Waals surface area contributed by atoms with Crippen molar-refractivity contribution in [2.75, 3.05) is 0 Å². The van der Waals surface area contributed by atoms with E-state index in [1.165, 1.54) is 20.3 Å². The highest BCUT2D eigenvalue weighted by atomic mass is 32.1. The lowest BCUT2D eigenvalue weighted by atomic mass is 10.2. The second kappa shape index (κ2) is 2.75. The minimum atomic E-state index is 1.10. The van der Waals surface area contributed by atoms with E-state index >= 15 is 0 Å². The Kier molecular flexibility index (Phi) is 1.55. The molecule has 0 saturated carbocycles. The van der Waals surface area contributed by atoms with Gasteiger partial charge in [-0.05, 0) is 24.6 Å². The van der Waals surface area contributed by atoms with Gasteiger partial charge in [0.2, 0.25) is 0 Å². The number of hydrogen-bond donors (Lipinski definition) is 0. The van der Waals surface area contributed by atoms with Crippen molar-refractivity contribution in [2.45, 2.75) is 6.92 Å². The number of nitrogens with zero attached hydrogens (tertiary/aromatic N) is 2. The van der Waals surface area contributed by atoms with E-state index in [9.17, 15) is 0 Å². The highest BCUT2D eigenvalue weighted by molar-refractivity contribution is 7.25. The van der Waals surface area contributed by atoms with Crippen LogP contribution < -0.4 is 0 Å². The molecule has 0 aliphatic heterocycles. The van der Waals surface area contributed by atoms with Gasteiger partial charge in [-0.3, -0.25) is 9.97 Å². The van der Waals surface area contributed by atoms with E-state index in [1.54, 1.807) is 11.3 Å². The van der Waals surface area contributed by atoms with Gasteiger partial charge in [0, 0.05) is 24.0 Å². The number of pyridine rings is 2. The second-order valence-electron chi connectivity index (χ2n) is 3.28. The van der Waals surface area contributed by atoms with Crippen molar-refractivity contribution in [1.29, 1.82) is 0 Å². The molecule has 68 valence electrons. The Balaban J connectivity index is 2.63. The molecule has 0 aliphatic carbocycles. The fourth-order valence-electron chi connectivity index (χ4n) is 1.63. The molecule has 14 heavy (non-hydrogen) atoms. The Hall–Kier alpha value is -1.48. The molecule has 0 aromatic carbocycles. The summed E-state index contributed by atoms with van der Waals surface area (Å²) in [5, 5.41) is 1.21. The molecule has 0 unspecified atom stereocenters. The third-order valence-electron chi connectivity index (χ3n) is 2.35. The van der Waals surface area contributed by atoms with E-state index in [1.807, 2.05) is 30.7 Å². The molecular weight excluding hydrogens is 192 g/mol. The molecule has 0 radical (unpaired) electrons. The molecule has 0 atom stereocenters. The molecule has 3 rings (SSSR count). The average Bonchev–Trinajstić information content (AvgIpc) is 2.59. The molecule has 3 heterocycles. The molecule has 0 fully saturated rings. The van der Waals surface area contributed by atoms with E-state index in [4.69, 9.17) is 0 Å². The van der Waals surface area contributed by atoms with Gasteiger partial charge in [0.1, 0.15) is 0 Å². The van der Waals surface area contributed by atoms with E-state index in [2.05, 4.69) is 16.9 Å². The molecule has 0 saturated heterocycles. The highest BCUT2D eigenvalue weighted by Gasteiger charge is 2.06. The van der Waals surface area contributed by atoms with Crippen molar-refractivity contribution < 1.29 is 0 Å². The van der Waals surface area contributed by atoms with E-state index in [0.717, 1.165) is 5.52 Å². The van der Waals surface area contributed by atoms with Crippen molar-refractivity contribution >= 4 is 31.6 Å². The zero-order valence-electron chi connectivity index (χ0n) is 7.69. The lowest BCUT2D eigenvalue weighted by Gasteiger charge is -1.92. The predicted molar refractivity (Wildman–Crippen MR) is 59.7 cm³/mol. The van der Waals surface area contributed by atoms with E-state index < -0.39 is 0 Å². The molecule has 3 aromatic rings. The SMILES string of the molecule is Cc1ccnc2c1sc1cnccc12. The molecule has 0 bridgehead atoms. The summed E-state index contributed by atoms with van der Waals surface area (Å²) in [6, 6.07) is 4.08. The predicted octanol–water partition coefficient (Wildman–Crippen LogP) is 3.15. The smallest absolute Gasteiger partial charge is 0.0892 e. The van der Waals surface area contributed by atoms with Crippen LogP contribution in [-0.4, -0.2) is 9.97 Å². The fraction of sp³-hybridized carbons (Fsp3) is 0.0909. The molecule has 0 aliphatic rings. The Bertz CT molecular complexity index is 613. The van der Waals surface area contributed by atoms with Crippen molar-refractivity contribution in [3.63, 3.8) is 0 Å². The maximum absolute atomic E-state index is 4.41. The standard InChI is InChI=1S/C11H8N2S/c1-7-2-5-13-10-8-3-4-12-6-9(8)14-11(7)10/h2-6H,1H3. The number of rotatable bonds is 0. The van der Waals surface area contributed by atoms with Crippen molar-refractivity contribution in [2.24, 2.45) is 0 Å². The molecule has 3 aromatic heterocycles. The Morgan fingerprint density at radius 3 is 3.07 bits per heavy atom. The zero-order valence-corrected chi connectivity index (χ0v) is 8.51. The van der Waals surface area contributed by atoms with Gasteiger partial charge >= 0.3 is 0 Å². The van der Waals surface area contributed by atoms with Crippen LogP contribution >= 0.6 is 11.3 Å². The lowest BCUT2D eigenvalue weighted by Crippen LogP contribution is -1.76. The molecular formula is C11H8N2S. The summed E-state index contributed by atoms with van der Waals surface area (Å²) in [5.74, 6) is 0. The number of fused-ring (bicyclic) bond motifs is 3. The van der Waals surface area contributed by atoms with Crippen molar-refractivity contribution in [3.8, 4) is 0 Å². The first-order valence-electron chi connectivity index (χ1n) is 4.44. The molecule has 0 N–H and O–H groups in total. The maximum Gasteiger partial charge on any atom is 0.0892 e. The molecule has 0 spiro atoms. The van der Waals surface area contributed by atoms with Crippen LogP contribution in [0.4, 0.5) is 0 Å². The first kappa shape index (κ1) is 7.88. The van der Waals surface area contributed by atoms with Crippen LogP contribution in [0.1, 0.15) is 5.56 Å². The van der Waals surface area contributed by atoms with Gasteiger partial charge in [-0.2, -0.15) is 0 Å². The number of aromatic nitrogens is 2. The monoisotopic (exact) mass is 200 g/mol. The minimum Gasteiger partial charge on any atom is -0.263 e. The summed E-state index contributed by atoms with van der Waals surface area (Å²) >= 11 is 1.76. The lowest BCUT2D eigenvalue weighted by molar-refractivity contribution is 1.37. The fourth-order valence-corrected chi connectivity index (χ4v) is 2.73. The maximum atomic E-state index is 4.41. The summed E-state index contributed by atoms with van der Waals surface area (Å²) in [6.45, 7) is 2.12. The second-order valence-corrected chi connectivity index (χ2v) is 4.33. The molecule has 3 heteroatoms. The topological polar surface area (TPSA) is 25.8 Å². The van der Waals surface area contributed by atoms with Gasteiger partial charge in [0.25, 0.3) is 0 Å². The number of aryl methyl sites for hydroxylation is 1. The van der Waals surface area contributed by atoms with Crippen molar-refractivity contribution in [3.05, 3.63) is 36.3 Å². The van der Waals surface area contributed by atoms with Crippen LogP contribution in [0.5, 0.6) is 0 Å². The zero-order chi connectivity index (χ0) is 9.54. The minimum absolute atomic E-state index is 1.10. The van der Waals surface area contributed by atoms with Crippen LogP contribution in [0, 0.1) is 6.92 Å². The first-order valence-corrected chi connectivity index (χ1v) is 5.26. The van der Waals surface area contributed by atoms with Crippen LogP contribution in [-0.2, 0) is 0 Å². The first-order chi connectivity index (χ1) is 6.86. The molecule has 2 nitrogen and oxygen atoms in total. The van der Waals surface area contributed by atoms with Crippen molar-refractivity contribution in [1.82, 2.24) is 9.97 Å². The van der Waals surface area contributed by atoms with Gasteiger partial charge in [0.05, 0.1) is 14.9 Å². The summed E-state index contributed by atoms with van der Waals surface area (Å²) in [7, 11) is 0. The summed E-state index contributed by atoms with van der Waals surface area (Å²) in [5.41, 5.74) is 2.39. The van der Waals surface area contributed by atoms with Crippen LogP contribution in [0.2, 0.25) is 0 Å². The van der Waals surface area contributed by atoms with E-state index in [0.29, 0.717) is 0 Å². The van der Waals surface area contributed by atoms with Crippen LogP contribution in [0.25, 0.3) is 20.3 Å². The quantitative estimate of drug-likeness (QED) is 0.557. The third-order valence-corrected chi connectivity index (χ3v) is 3.62. The largest absolute Gasteiger partial charge is 0.263 e. The highest BCUT2D eigenvalue weighted by Crippen LogP contribution is 2.33. The summed E-state index contributed by atoms with van der Waals surface area (Å²) < 4.78 is 2.49.